The Hall–Kier alpha value is -2.54. The molecule has 1 heterocycles. The van der Waals surface area contributed by atoms with Crippen molar-refractivity contribution in [1.29, 1.82) is 10.5 Å². The van der Waals surface area contributed by atoms with Crippen molar-refractivity contribution in [1.82, 2.24) is 9.78 Å². The molecule has 0 amide bonds. The standard InChI is InChI=1S/C7H5N5O2/c1-14-7(13)12-6(10)4(2-8)5(3-9)11-12/h10H2,1H3. The molecule has 0 radical (unpaired) electrons. The smallest absolute Gasteiger partial charge is 0.436 e. The van der Waals surface area contributed by atoms with Crippen LogP contribution in [0.1, 0.15) is 11.3 Å². The number of nitriles is 2. The van der Waals surface area contributed by atoms with Gasteiger partial charge in [0.15, 0.2) is 11.5 Å². The van der Waals surface area contributed by atoms with Crippen LogP contribution >= 0.6 is 0 Å². The first-order chi connectivity index (χ1) is 6.65. The highest BCUT2D eigenvalue weighted by Crippen LogP contribution is 2.14. The fraction of sp³-hybridized carbons (Fsp3) is 0.143. The molecule has 0 unspecified atom stereocenters. The molecule has 7 nitrogen and oxygen atoms in total. The minimum atomic E-state index is -0.847. The zero-order valence-corrected chi connectivity index (χ0v) is 7.18. The van der Waals surface area contributed by atoms with Crippen molar-refractivity contribution in [2.45, 2.75) is 0 Å². The highest BCUT2D eigenvalue weighted by atomic mass is 16.5. The molecule has 0 aliphatic carbocycles. The molecule has 0 aliphatic rings. The number of hydrogen-bond donors (Lipinski definition) is 1. The van der Waals surface area contributed by atoms with E-state index in [4.69, 9.17) is 16.3 Å². The number of anilines is 1. The average molecular weight is 191 g/mol. The van der Waals surface area contributed by atoms with Crippen molar-refractivity contribution < 1.29 is 9.53 Å². The van der Waals surface area contributed by atoms with E-state index in [0.717, 1.165) is 7.11 Å². The first-order valence-corrected chi connectivity index (χ1v) is 3.42. The predicted octanol–water partition coefficient (Wildman–Crippen LogP) is -0.177. The van der Waals surface area contributed by atoms with Crippen molar-refractivity contribution >= 4 is 11.9 Å². The molecular formula is C7H5N5O2. The zero-order chi connectivity index (χ0) is 10.7. The third-order valence-corrected chi connectivity index (χ3v) is 1.49. The fourth-order valence-electron chi connectivity index (χ4n) is 0.845. The summed E-state index contributed by atoms with van der Waals surface area (Å²) in [6.45, 7) is 0. The average Bonchev–Trinajstić information content (AvgIpc) is 2.53. The molecule has 0 atom stereocenters. The third kappa shape index (κ3) is 1.23. The van der Waals surface area contributed by atoms with Gasteiger partial charge in [0.1, 0.15) is 17.7 Å². The van der Waals surface area contributed by atoms with Crippen LogP contribution in [-0.4, -0.2) is 23.0 Å². The molecular weight excluding hydrogens is 186 g/mol. The number of nitrogens with zero attached hydrogens (tertiary/aromatic N) is 4. The summed E-state index contributed by atoms with van der Waals surface area (Å²) in [5, 5.41) is 20.7. The van der Waals surface area contributed by atoms with E-state index in [2.05, 4.69) is 9.84 Å². The van der Waals surface area contributed by atoms with E-state index in [1.54, 1.807) is 12.1 Å². The number of ether oxygens (including phenoxy) is 1. The fourth-order valence-corrected chi connectivity index (χ4v) is 0.845. The Morgan fingerprint density at radius 1 is 1.57 bits per heavy atom. The van der Waals surface area contributed by atoms with E-state index >= 15 is 0 Å². The highest BCUT2D eigenvalue weighted by Gasteiger charge is 2.19. The second-order valence-corrected chi connectivity index (χ2v) is 2.21. The summed E-state index contributed by atoms with van der Waals surface area (Å²) in [6.07, 6.45) is -0.847. The van der Waals surface area contributed by atoms with Gasteiger partial charge in [0.2, 0.25) is 0 Å². The summed E-state index contributed by atoms with van der Waals surface area (Å²) in [5.41, 5.74) is 5.07. The molecule has 1 aromatic rings. The zero-order valence-electron chi connectivity index (χ0n) is 7.18. The molecule has 0 aromatic carbocycles. The van der Waals surface area contributed by atoms with Gasteiger partial charge in [0, 0.05) is 0 Å². The van der Waals surface area contributed by atoms with Crippen LogP contribution in [0.25, 0.3) is 0 Å². The second-order valence-electron chi connectivity index (χ2n) is 2.21. The van der Waals surface area contributed by atoms with Gasteiger partial charge in [-0.05, 0) is 0 Å². The lowest BCUT2D eigenvalue weighted by Gasteiger charge is -1.98. The molecule has 0 saturated carbocycles. The largest absolute Gasteiger partial charge is 0.451 e. The number of methoxy groups -OCH3 is 1. The van der Waals surface area contributed by atoms with Crippen molar-refractivity contribution in [3.05, 3.63) is 11.3 Å². The van der Waals surface area contributed by atoms with Crippen LogP contribution in [0.4, 0.5) is 10.6 Å². The third-order valence-electron chi connectivity index (χ3n) is 1.49. The van der Waals surface area contributed by atoms with Gasteiger partial charge in [0.25, 0.3) is 0 Å². The molecule has 0 fully saturated rings. The van der Waals surface area contributed by atoms with Crippen molar-refractivity contribution in [3.63, 3.8) is 0 Å². The van der Waals surface area contributed by atoms with Crippen LogP contribution < -0.4 is 5.73 Å². The van der Waals surface area contributed by atoms with Gasteiger partial charge in [-0.2, -0.15) is 10.5 Å². The van der Waals surface area contributed by atoms with E-state index in [-0.39, 0.29) is 17.1 Å². The van der Waals surface area contributed by atoms with E-state index in [9.17, 15) is 4.79 Å². The molecule has 0 bridgehead atoms. The van der Waals surface area contributed by atoms with Gasteiger partial charge >= 0.3 is 6.09 Å². The topological polar surface area (TPSA) is 118 Å². The number of carbonyl (C=O) groups is 1. The molecule has 1 aromatic heterocycles. The maximum absolute atomic E-state index is 11.0. The summed E-state index contributed by atoms with van der Waals surface area (Å²) < 4.78 is 5.00. The first-order valence-electron chi connectivity index (χ1n) is 3.42. The van der Waals surface area contributed by atoms with Gasteiger partial charge in [-0.3, -0.25) is 0 Å². The lowest BCUT2D eigenvalue weighted by atomic mass is 10.3. The number of rotatable bonds is 0. The summed E-state index contributed by atoms with van der Waals surface area (Å²) in [5.74, 6) is -0.198. The van der Waals surface area contributed by atoms with E-state index < -0.39 is 6.09 Å². The van der Waals surface area contributed by atoms with Gasteiger partial charge in [-0.25, -0.2) is 4.79 Å². The van der Waals surface area contributed by atoms with Crippen LogP contribution in [0.3, 0.4) is 0 Å². The number of hydrogen-bond acceptors (Lipinski definition) is 6. The quantitative estimate of drug-likeness (QED) is 0.607. The lowest BCUT2D eigenvalue weighted by molar-refractivity contribution is 0.170. The van der Waals surface area contributed by atoms with E-state index in [0.29, 0.717) is 4.68 Å². The number of nitrogens with two attached hydrogens (primary N) is 1. The Bertz CT molecular complexity index is 462. The lowest BCUT2D eigenvalue weighted by Crippen LogP contribution is -2.15. The molecule has 2 N–H and O–H groups in total. The normalized spacial score (nSPS) is 8.79. The van der Waals surface area contributed by atoms with Gasteiger partial charge in [-0.1, -0.05) is 0 Å². The van der Waals surface area contributed by atoms with Crippen molar-refractivity contribution in [2.24, 2.45) is 0 Å². The molecule has 0 saturated heterocycles. The highest BCUT2D eigenvalue weighted by molar-refractivity contribution is 5.76. The molecule has 14 heavy (non-hydrogen) atoms. The van der Waals surface area contributed by atoms with E-state index in [1.807, 2.05) is 0 Å². The number of carbonyl (C=O) groups excluding carboxylic acids is 1. The Morgan fingerprint density at radius 2 is 2.21 bits per heavy atom. The Labute approximate surface area is 78.9 Å². The van der Waals surface area contributed by atoms with E-state index in [1.165, 1.54) is 0 Å². The molecule has 0 spiro atoms. The first kappa shape index (κ1) is 9.55. The molecule has 7 heteroatoms. The van der Waals surface area contributed by atoms with Crippen LogP contribution in [0.2, 0.25) is 0 Å². The van der Waals surface area contributed by atoms with Gasteiger partial charge in [-0.15, -0.1) is 9.78 Å². The summed E-state index contributed by atoms with van der Waals surface area (Å²) in [4.78, 5) is 11.0. The SMILES string of the molecule is COC(=O)n1nc(C#N)c(C#N)c1N. The van der Waals surface area contributed by atoms with Crippen LogP contribution in [0.15, 0.2) is 0 Å². The van der Waals surface area contributed by atoms with Gasteiger partial charge in [0.05, 0.1) is 7.11 Å². The van der Waals surface area contributed by atoms with Crippen LogP contribution in [0, 0.1) is 22.7 Å². The number of aromatic nitrogens is 2. The Kier molecular flexibility index (Phi) is 2.36. The Morgan fingerprint density at radius 3 is 2.57 bits per heavy atom. The summed E-state index contributed by atoms with van der Waals surface area (Å²) in [6, 6.07) is 3.32. The minimum absolute atomic E-state index is 0.127. The van der Waals surface area contributed by atoms with Crippen molar-refractivity contribution in [3.8, 4) is 12.1 Å². The van der Waals surface area contributed by atoms with Crippen LogP contribution in [-0.2, 0) is 4.74 Å². The predicted molar refractivity (Wildman–Crippen MR) is 43.9 cm³/mol. The van der Waals surface area contributed by atoms with Gasteiger partial charge < -0.3 is 10.5 Å². The summed E-state index contributed by atoms with van der Waals surface area (Å²) >= 11 is 0. The summed E-state index contributed by atoms with van der Waals surface area (Å²) in [7, 11) is 1.14. The van der Waals surface area contributed by atoms with Crippen molar-refractivity contribution in [2.75, 3.05) is 12.8 Å². The second kappa shape index (κ2) is 3.46. The maximum atomic E-state index is 11.0. The number of nitrogen functional groups attached to an aromatic ring is 1. The Balaban J connectivity index is 3.39. The monoisotopic (exact) mass is 191 g/mol. The molecule has 70 valence electrons. The maximum Gasteiger partial charge on any atom is 0.436 e. The molecule has 1 rings (SSSR count). The molecule has 0 aliphatic heterocycles. The minimum Gasteiger partial charge on any atom is -0.451 e. The van der Waals surface area contributed by atoms with Crippen LogP contribution in [0.5, 0.6) is 0 Å².